The number of hydrogen-bond acceptors (Lipinski definition) is 2. The maximum absolute atomic E-state index is 12.2. The van der Waals surface area contributed by atoms with Crippen molar-refractivity contribution >= 4 is 23.2 Å². The van der Waals surface area contributed by atoms with Crippen molar-refractivity contribution in [3.05, 3.63) is 59.9 Å². The SMILES string of the molecule is CN(C(=O)c1ccc(CCl)cc1)c1ccncc1. The Hall–Kier alpha value is -1.87. The topological polar surface area (TPSA) is 33.2 Å². The molecule has 3 nitrogen and oxygen atoms in total. The molecule has 1 heterocycles. The maximum Gasteiger partial charge on any atom is 0.258 e. The lowest BCUT2D eigenvalue weighted by Crippen LogP contribution is -2.26. The second kappa shape index (κ2) is 5.65. The number of carbonyl (C=O) groups is 1. The number of hydrogen-bond donors (Lipinski definition) is 0. The summed E-state index contributed by atoms with van der Waals surface area (Å²) in [6.45, 7) is 0. The number of anilines is 1. The molecule has 1 aromatic carbocycles. The molecule has 1 amide bonds. The fourth-order valence-corrected chi connectivity index (χ4v) is 1.79. The molecular weight excluding hydrogens is 248 g/mol. The third-order valence-corrected chi connectivity index (χ3v) is 3.02. The summed E-state index contributed by atoms with van der Waals surface area (Å²) in [5.41, 5.74) is 2.46. The summed E-state index contributed by atoms with van der Waals surface area (Å²) in [7, 11) is 1.74. The molecule has 4 heteroatoms. The number of halogens is 1. The first-order valence-corrected chi connectivity index (χ1v) is 6.09. The predicted octanol–water partition coefficient (Wildman–Crippen LogP) is 3.10. The van der Waals surface area contributed by atoms with Gasteiger partial charge in [-0.05, 0) is 29.8 Å². The van der Waals surface area contributed by atoms with Crippen molar-refractivity contribution in [2.45, 2.75) is 5.88 Å². The first-order chi connectivity index (χ1) is 8.72. The molecule has 2 aromatic rings. The number of rotatable bonds is 3. The molecule has 0 saturated carbocycles. The zero-order chi connectivity index (χ0) is 13.0. The van der Waals surface area contributed by atoms with Crippen LogP contribution in [0.4, 0.5) is 5.69 Å². The Bertz CT molecular complexity index is 525. The number of benzene rings is 1. The number of nitrogens with zero attached hydrogens (tertiary/aromatic N) is 2. The Morgan fingerprint density at radius 2 is 1.78 bits per heavy atom. The molecule has 0 spiro atoms. The standard InChI is InChI=1S/C14H13ClN2O/c1-17(13-6-8-16-9-7-13)14(18)12-4-2-11(10-15)3-5-12/h2-9H,10H2,1H3. The minimum absolute atomic E-state index is 0.0534. The van der Waals surface area contributed by atoms with Crippen LogP contribution in [0.1, 0.15) is 15.9 Å². The molecule has 0 atom stereocenters. The highest BCUT2D eigenvalue weighted by atomic mass is 35.5. The van der Waals surface area contributed by atoms with Crippen LogP contribution in [0.2, 0.25) is 0 Å². The van der Waals surface area contributed by atoms with Gasteiger partial charge in [0.25, 0.3) is 5.91 Å². The zero-order valence-corrected chi connectivity index (χ0v) is 10.8. The maximum atomic E-state index is 12.2. The molecular formula is C14H13ClN2O. The molecule has 0 aliphatic carbocycles. The molecule has 0 N–H and O–H groups in total. The summed E-state index contributed by atoms with van der Waals surface area (Å²) in [4.78, 5) is 17.7. The van der Waals surface area contributed by atoms with Crippen molar-refractivity contribution in [2.75, 3.05) is 11.9 Å². The lowest BCUT2D eigenvalue weighted by Gasteiger charge is -2.17. The van der Waals surface area contributed by atoms with Crippen molar-refractivity contribution in [3.8, 4) is 0 Å². The molecule has 18 heavy (non-hydrogen) atoms. The highest BCUT2D eigenvalue weighted by molar-refractivity contribution is 6.17. The van der Waals surface area contributed by atoms with Gasteiger partial charge >= 0.3 is 0 Å². The molecule has 0 aliphatic rings. The van der Waals surface area contributed by atoms with Gasteiger partial charge < -0.3 is 4.90 Å². The van der Waals surface area contributed by atoms with E-state index in [1.54, 1.807) is 48.6 Å². The highest BCUT2D eigenvalue weighted by Gasteiger charge is 2.12. The second-order valence-electron chi connectivity index (χ2n) is 3.90. The zero-order valence-electron chi connectivity index (χ0n) is 10.0. The predicted molar refractivity (Wildman–Crippen MR) is 73.0 cm³/mol. The van der Waals surface area contributed by atoms with Crippen molar-refractivity contribution in [3.63, 3.8) is 0 Å². The Balaban J connectivity index is 2.20. The first kappa shape index (κ1) is 12.6. The van der Waals surface area contributed by atoms with Crippen molar-refractivity contribution < 1.29 is 4.79 Å². The average Bonchev–Trinajstić information content (AvgIpc) is 2.47. The second-order valence-corrected chi connectivity index (χ2v) is 4.17. The molecule has 2 rings (SSSR count). The van der Waals surface area contributed by atoms with Crippen LogP contribution < -0.4 is 4.90 Å². The molecule has 1 aromatic heterocycles. The van der Waals surface area contributed by atoms with E-state index in [-0.39, 0.29) is 5.91 Å². The number of amides is 1. The van der Waals surface area contributed by atoms with Gasteiger partial charge in [-0.3, -0.25) is 9.78 Å². The van der Waals surface area contributed by atoms with E-state index >= 15 is 0 Å². The van der Waals surface area contributed by atoms with Crippen LogP contribution >= 0.6 is 11.6 Å². The quantitative estimate of drug-likeness (QED) is 0.795. The van der Waals surface area contributed by atoms with Crippen molar-refractivity contribution in [1.82, 2.24) is 4.98 Å². The van der Waals surface area contributed by atoms with E-state index in [1.807, 2.05) is 12.1 Å². The van der Waals surface area contributed by atoms with E-state index in [0.717, 1.165) is 11.3 Å². The van der Waals surface area contributed by atoms with Crippen LogP contribution in [0.25, 0.3) is 0 Å². The molecule has 0 bridgehead atoms. The minimum Gasteiger partial charge on any atom is -0.311 e. The van der Waals surface area contributed by atoms with E-state index in [2.05, 4.69) is 4.98 Å². The van der Waals surface area contributed by atoms with Crippen LogP contribution in [-0.4, -0.2) is 17.9 Å². The molecule has 0 unspecified atom stereocenters. The number of alkyl halides is 1. The Morgan fingerprint density at radius 3 is 2.33 bits per heavy atom. The van der Waals surface area contributed by atoms with E-state index in [0.29, 0.717) is 11.4 Å². The van der Waals surface area contributed by atoms with E-state index in [9.17, 15) is 4.79 Å². The molecule has 0 radical (unpaired) electrons. The Kier molecular flexibility index (Phi) is 3.95. The van der Waals surface area contributed by atoms with Gasteiger partial charge in [0.05, 0.1) is 0 Å². The average molecular weight is 261 g/mol. The largest absolute Gasteiger partial charge is 0.311 e. The number of pyridine rings is 1. The fraction of sp³-hybridized carbons (Fsp3) is 0.143. The van der Waals surface area contributed by atoms with Crippen molar-refractivity contribution in [2.24, 2.45) is 0 Å². The third kappa shape index (κ3) is 2.68. The highest BCUT2D eigenvalue weighted by Crippen LogP contribution is 2.15. The lowest BCUT2D eigenvalue weighted by molar-refractivity contribution is 0.0993. The van der Waals surface area contributed by atoms with Gasteiger partial charge in [0, 0.05) is 36.6 Å². The molecule has 0 aliphatic heterocycles. The van der Waals surface area contributed by atoms with Crippen LogP contribution in [0.3, 0.4) is 0 Å². The Morgan fingerprint density at radius 1 is 1.17 bits per heavy atom. The smallest absolute Gasteiger partial charge is 0.258 e. The monoisotopic (exact) mass is 260 g/mol. The van der Waals surface area contributed by atoms with Gasteiger partial charge in [-0.25, -0.2) is 0 Å². The molecule has 0 saturated heterocycles. The summed E-state index contributed by atoms with van der Waals surface area (Å²) in [6.07, 6.45) is 3.32. The number of aromatic nitrogens is 1. The van der Waals surface area contributed by atoms with Gasteiger partial charge in [0.1, 0.15) is 0 Å². The normalized spacial score (nSPS) is 10.1. The summed E-state index contributed by atoms with van der Waals surface area (Å²) < 4.78 is 0. The van der Waals surface area contributed by atoms with E-state index in [1.165, 1.54) is 0 Å². The summed E-state index contributed by atoms with van der Waals surface area (Å²) >= 11 is 5.71. The van der Waals surface area contributed by atoms with Gasteiger partial charge in [-0.2, -0.15) is 0 Å². The summed E-state index contributed by atoms with van der Waals surface area (Å²) in [5.74, 6) is 0.400. The van der Waals surface area contributed by atoms with Gasteiger partial charge in [-0.15, -0.1) is 11.6 Å². The summed E-state index contributed by atoms with van der Waals surface area (Å²) in [6, 6.07) is 10.9. The lowest BCUT2D eigenvalue weighted by atomic mass is 10.1. The van der Waals surface area contributed by atoms with Crippen LogP contribution in [0.15, 0.2) is 48.8 Å². The molecule has 0 fully saturated rings. The van der Waals surface area contributed by atoms with Crippen LogP contribution in [-0.2, 0) is 5.88 Å². The fourth-order valence-electron chi connectivity index (χ4n) is 1.61. The Labute approximate surface area is 111 Å². The third-order valence-electron chi connectivity index (χ3n) is 2.71. The first-order valence-electron chi connectivity index (χ1n) is 5.55. The summed E-state index contributed by atoms with van der Waals surface area (Å²) in [5, 5.41) is 0. The van der Waals surface area contributed by atoms with Gasteiger partial charge in [0.15, 0.2) is 0 Å². The van der Waals surface area contributed by atoms with Crippen molar-refractivity contribution in [1.29, 1.82) is 0 Å². The van der Waals surface area contributed by atoms with E-state index in [4.69, 9.17) is 11.6 Å². The van der Waals surface area contributed by atoms with E-state index < -0.39 is 0 Å². The van der Waals surface area contributed by atoms with Crippen LogP contribution in [0, 0.1) is 0 Å². The minimum atomic E-state index is -0.0534. The number of carbonyl (C=O) groups excluding carboxylic acids is 1. The van der Waals surface area contributed by atoms with Gasteiger partial charge in [0.2, 0.25) is 0 Å². The van der Waals surface area contributed by atoms with Gasteiger partial charge in [-0.1, -0.05) is 12.1 Å². The van der Waals surface area contributed by atoms with Crippen LogP contribution in [0.5, 0.6) is 0 Å². The molecule has 92 valence electrons.